The molecule has 0 spiro atoms. The SMILES string of the molecule is CCCCO[C@H]1C[C@@H]2[C@H](CC[C@]3(C)C(=O)CC[C@@H]23)[C@@]2(C)C=CC(=O)C=C12. The zero-order valence-electron chi connectivity index (χ0n) is 16.4. The van der Waals surface area contributed by atoms with Gasteiger partial charge in [-0.15, -0.1) is 0 Å². The molecular weight excluding hydrogens is 324 g/mol. The van der Waals surface area contributed by atoms with Gasteiger partial charge in [0.15, 0.2) is 5.78 Å². The van der Waals surface area contributed by atoms with E-state index in [1.807, 2.05) is 6.08 Å². The lowest BCUT2D eigenvalue weighted by molar-refractivity contribution is -0.133. The molecule has 6 atom stereocenters. The van der Waals surface area contributed by atoms with Crippen molar-refractivity contribution >= 4 is 11.6 Å². The van der Waals surface area contributed by atoms with Gasteiger partial charge in [0.2, 0.25) is 0 Å². The van der Waals surface area contributed by atoms with E-state index in [-0.39, 0.29) is 22.7 Å². The second-order valence-corrected chi connectivity index (χ2v) is 9.36. The number of ketones is 2. The predicted octanol–water partition coefficient (Wildman–Crippen LogP) is 4.66. The van der Waals surface area contributed by atoms with Crippen LogP contribution in [0.3, 0.4) is 0 Å². The number of hydrogen-bond donors (Lipinski definition) is 0. The van der Waals surface area contributed by atoms with Crippen molar-refractivity contribution in [1.82, 2.24) is 0 Å². The Kier molecular flexibility index (Phi) is 4.50. The lowest BCUT2D eigenvalue weighted by atomic mass is 9.48. The van der Waals surface area contributed by atoms with E-state index >= 15 is 0 Å². The summed E-state index contributed by atoms with van der Waals surface area (Å²) in [6, 6.07) is 0. The number of hydrogen-bond acceptors (Lipinski definition) is 3. The van der Waals surface area contributed by atoms with Gasteiger partial charge in [0.05, 0.1) is 6.10 Å². The van der Waals surface area contributed by atoms with Crippen molar-refractivity contribution in [2.45, 2.75) is 71.8 Å². The molecule has 0 radical (unpaired) electrons. The van der Waals surface area contributed by atoms with E-state index in [1.54, 1.807) is 6.08 Å². The van der Waals surface area contributed by atoms with Gasteiger partial charge in [-0.05, 0) is 67.6 Å². The zero-order valence-corrected chi connectivity index (χ0v) is 16.4. The van der Waals surface area contributed by atoms with E-state index in [0.717, 1.165) is 51.6 Å². The summed E-state index contributed by atoms with van der Waals surface area (Å²) < 4.78 is 6.32. The number of allylic oxidation sites excluding steroid dienone is 3. The smallest absolute Gasteiger partial charge is 0.178 e. The second kappa shape index (κ2) is 6.44. The van der Waals surface area contributed by atoms with Crippen LogP contribution in [0.15, 0.2) is 23.8 Å². The highest BCUT2D eigenvalue weighted by molar-refractivity contribution is 6.01. The Morgan fingerprint density at radius 2 is 2.00 bits per heavy atom. The monoisotopic (exact) mass is 356 g/mol. The average Bonchev–Trinajstić information content (AvgIpc) is 2.92. The summed E-state index contributed by atoms with van der Waals surface area (Å²) in [6.45, 7) is 7.44. The van der Waals surface area contributed by atoms with Crippen LogP contribution >= 0.6 is 0 Å². The lowest BCUT2D eigenvalue weighted by Crippen LogP contribution is -2.53. The van der Waals surface area contributed by atoms with Crippen LogP contribution in [0, 0.1) is 28.6 Å². The van der Waals surface area contributed by atoms with Crippen LogP contribution < -0.4 is 0 Å². The molecule has 0 heterocycles. The molecule has 0 aliphatic heterocycles. The van der Waals surface area contributed by atoms with Crippen LogP contribution in [0.2, 0.25) is 0 Å². The van der Waals surface area contributed by atoms with Crippen molar-refractivity contribution in [3.05, 3.63) is 23.8 Å². The highest BCUT2D eigenvalue weighted by Crippen LogP contribution is 2.63. The first-order chi connectivity index (χ1) is 12.4. The highest BCUT2D eigenvalue weighted by atomic mass is 16.5. The maximum atomic E-state index is 12.6. The molecule has 0 bridgehead atoms. The van der Waals surface area contributed by atoms with Gasteiger partial charge in [-0.1, -0.05) is 33.3 Å². The number of unbranched alkanes of at least 4 members (excludes halogenated alkanes) is 1. The van der Waals surface area contributed by atoms with Crippen molar-refractivity contribution in [1.29, 1.82) is 0 Å². The van der Waals surface area contributed by atoms with Crippen molar-refractivity contribution in [3.63, 3.8) is 0 Å². The molecular formula is C23H32O3. The average molecular weight is 357 g/mol. The standard InChI is InChI=1S/C23H32O3/c1-4-5-12-26-20-14-16-17-6-7-21(25)23(17,3)11-9-18(16)22(2)10-8-15(24)13-19(20)22/h8,10,13,16-18,20H,4-7,9,11-12,14H2,1-3H3/t16-,17-,18-,20-,22+,23-/m0/s1. The van der Waals surface area contributed by atoms with Gasteiger partial charge in [0, 0.05) is 23.9 Å². The Bertz CT molecular complexity index is 675. The van der Waals surface area contributed by atoms with E-state index in [1.165, 1.54) is 5.57 Å². The van der Waals surface area contributed by atoms with Gasteiger partial charge in [-0.25, -0.2) is 0 Å². The van der Waals surface area contributed by atoms with Gasteiger partial charge in [-0.3, -0.25) is 9.59 Å². The fourth-order valence-corrected chi connectivity index (χ4v) is 6.52. The summed E-state index contributed by atoms with van der Waals surface area (Å²) in [5.41, 5.74) is 0.969. The number of carbonyl (C=O) groups is 2. The van der Waals surface area contributed by atoms with Crippen molar-refractivity contribution in [2.24, 2.45) is 28.6 Å². The fourth-order valence-electron chi connectivity index (χ4n) is 6.52. The quantitative estimate of drug-likeness (QED) is 0.688. The molecule has 3 nitrogen and oxygen atoms in total. The fraction of sp³-hybridized carbons (Fsp3) is 0.739. The van der Waals surface area contributed by atoms with Gasteiger partial charge < -0.3 is 4.74 Å². The topological polar surface area (TPSA) is 43.4 Å². The zero-order chi connectivity index (χ0) is 18.5. The number of ether oxygens (including phenoxy) is 1. The van der Waals surface area contributed by atoms with Crippen molar-refractivity contribution in [2.75, 3.05) is 6.61 Å². The second-order valence-electron chi connectivity index (χ2n) is 9.36. The third-order valence-corrected chi connectivity index (χ3v) is 8.08. The summed E-state index contributed by atoms with van der Waals surface area (Å²) in [6.07, 6.45) is 12.8. The highest BCUT2D eigenvalue weighted by Gasteiger charge is 2.60. The molecule has 3 fully saturated rings. The van der Waals surface area contributed by atoms with E-state index in [4.69, 9.17) is 4.74 Å². The largest absolute Gasteiger partial charge is 0.374 e. The number of carbonyl (C=O) groups excluding carboxylic acids is 2. The number of Topliss-reactive ketones (excluding diaryl/α,β-unsaturated/α-hetero) is 1. The molecule has 26 heavy (non-hydrogen) atoms. The Labute approximate surface area is 157 Å². The molecule has 142 valence electrons. The Hall–Kier alpha value is -1.22. The summed E-state index contributed by atoms with van der Waals surface area (Å²) in [5, 5.41) is 0. The van der Waals surface area contributed by atoms with Crippen LogP contribution in [0.1, 0.15) is 65.7 Å². The third-order valence-electron chi connectivity index (χ3n) is 8.08. The normalized spacial score (nSPS) is 44.3. The molecule has 0 aromatic rings. The lowest BCUT2D eigenvalue weighted by Gasteiger charge is -2.57. The molecule has 3 heteroatoms. The number of fused-ring (bicyclic) bond motifs is 5. The molecule has 4 rings (SSSR count). The van der Waals surface area contributed by atoms with E-state index < -0.39 is 0 Å². The Morgan fingerprint density at radius 3 is 2.77 bits per heavy atom. The summed E-state index contributed by atoms with van der Waals surface area (Å²) >= 11 is 0. The van der Waals surface area contributed by atoms with E-state index in [2.05, 4.69) is 26.8 Å². The summed E-state index contributed by atoms with van der Waals surface area (Å²) in [7, 11) is 0. The Morgan fingerprint density at radius 1 is 1.19 bits per heavy atom. The van der Waals surface area contributed by atoms with Gasteiger partial charge in [0.1, 0.15) is 5.78 Å². The van der Waals surface area contributed by atoms with Crippen molar-refractivity contribution < 1.29 is 14.3 Å². The molecule has 4 aliphatic rings. The first kappa shape index (κ1) is 18.2. The minimum Gasteiger partial charge on any atom is -0.374 e. The van der Waals surface area contributed by atoms with Crippen LogP contribution in [-0.4, -0.2) is 24.3 Å². The molecule has 0 aromatic heterocycles. The maximum Gasteiger partial charge on any atom is 0.178 e. The van der Waals surface area contributed by atoms with E-state index in [0.29, 0.717) is 23.5 Å². The van der Waals surface area contributed by atoms with Gasteiger partial charge in [-0.2, -0.15) is 0 Å². The minimum atomic E-state index is -0.124. The van der Waals surface area contributed by atoms with Gasteiger partial charge in [0.25, 0.3) is 0 Å². The molecule has 0 saturated heterocycles. The number of rotatable bonds is 4. The summed E-state index contributed by atoms with van der Waals surface area (Å²) in [4.78, 5) is 24.7. The molecule has 0 amide bonds. The molecule has 0 unspecified atom stereocenters. The first-order valence-corrected chi connectivity index (χ1v) is 10.5. The van der Waals surface area contributed by atoms with Crippen molar-refractivity contribution in [3.8, 4) is 0 Å². The Balaban J connectivity index is 1.69. The van der Waals surface area contributed by atoms with E-state index in [9.17, 15) is 9.59 Å². The molecule has 0 aromatic carbocycles. The minimum absolute atomic E-state index is 0.0275. The molecule has 0 N–H and O–H groups in total. The van der Waals surface area contributed by atoms with Gasteiger partial charge >= 0.3 is 0 Å². The van der Waals surface area contributed by atoms with Crippen LogP contribution in [0.4, 0.5) is 0 Å². The predicted molar refractivity (Wildman–Crippen MR) is 102 cm³/mol. The molecule has 3 saturated carbocycles. The third kappa shape index (κ3) is 2.58. The molecule has 4 aliphatic carbocycles. The summed E-state index contributed by atoms with van der Waals surface area (Å²) in [5.74, 6) is 2.09. The van der Waals surface area contributed by atoms with Crippen LogP contribution in [-0.2, 0) is 14.3 Å². The van der Waals surface area contributed by atoms with Crippen LogP contribution in [0.25, 0.3) is 0 Å². The maximum absolute atomic E-state index is 12.6. The first-order valence-electron chi connectivity index (χ1n) is 10.5. The van der Waals surface area contributed by atoms with Crippen LogP contribution in [0.5, 0.6) is 0 Å².